The molecule has 0 fully saturated rings. The van der Waals surface area contributed by atoms with Gasteiger partial charge in [-0.25, -0.2) is 13.2 Å². The maximum Gasteiger partial charge on any atom is 0.277 e. The topological polar surface area (TPSA) is 94.9 Å². The zero-order valence-electron chi connectivity index (χ0n) is 17.7. The third-order valence-corrected chi connectivity index (χ3v) is 5.21. The molecule has 0 atom stereocenters. The summed E-state index contributed by atoms with van der Waals surface area (Å²) in [4.78, 5) is 39.4. The molecule has 0 spiro atoms. The highest BCUT2D eigenvalue weighted by atomic mass is 19.2. The summed E-state index contributed by atoms with van der Waals surface area (Å²) < 4.78 is 41.6. The van der Waals surface area contributed by atoms with Gasteiger partial charge in [0.1, 0.15) is 12.2 Å². The van der Waals surface area contributed by atoms with E-state index in [1.54, 1.807) is 11.9 Å². The molecule has 8 nitrogen and oxygen atoms in total. The van der Waals surface area contributed by atoms with E-state index in [-0.39, 0.29) is 17.9 Å². The number of hydrogen-bond acceptors (Lipinski definition) is 5. The number of pyridine rings is 1. The molecular weight excluding hydrogens is 441 g/mol. The van der Waals surface area contributed by atoms with Crippen LogP contribution in [0.5, 0.6) is 5.75 Å². The van der Waals surface area contributed by atoms with Crippen LogP contribution in [0.1, 0.15) is 46.2 Å². The van der Waals surface area contributed by atoms with E-state index in [0.29, 0.717) is 32.0 Å². The van der Waals surface area contributed by atoms with Gasteiger partial charge in [-0.2, -0.15) is 0 Å². The Morgan fingerprint density at radius 3 is 2.64 bits per heavy atom. The van der Waals surface area contributed by atoms with E-state index in [1.165, 1.54) is 9.58 Å². The van der Waals surface area contributed by atoms with E-state index in [9.17, 15) is 32.7 Å². The van der Waals surface area contributed by atoms with E-state index >= 15 is 0 Å². The number of aromatic hydroxyl groups is 1. The molecular formula is C22H21F3N4O4. The predicted molar refractivity (Wildman–Crippen MR) is 113 cm³/mol. The predicted octanol–water partition coefficient (Wildman–Crippen LogP) is 1.69. The summed E-state index contributed by atoms with van der Waals surface area (Å²) in [5, 5.41) is 14.4. The number of rotatable bonds is 7. The summed E-state index contributed by atoms with van der Waals surface area (Å²) in [5.74, 6) is -4.53. The van der Waals surface area contributed by atoms with Crippen molar-refractivity contribution in [2.75, 3.05) is 24.8 Å². The number of hydrogen-bond donors (Lipinski definition) is 2. The molecule has 2 amide bonds. The molecule has 0 saturated carbocycles. The number of halogens is 3. The number of terminal acetylenes is 1. The van der Waals surface area contributed by atoms with Gasteiger partial charge < -0.3 is 15.3 Å². The van der Waals surface area contributed by atoms with Crippen molar-refractivity contribution in [3.8, 4) is 18.1 Å². The standard InChI is InChI=1S/C22H21F3N4O4/c1-3-5-6-9-28-12-27(4-2)22(33)18-20(31)19(30)14(11-29(18)28)21(32)26-10-13-7-8-15(23)17(25)16(13)24/h1,7-8,11,31H,4-6,9-10,12H2,2H3,(H,26,32). The highest BCUT2D eigenvalue weighted by Gasteiger charge is 2.33. The Labute approximate surface area is 187 Å². The molecule has 0 radical (unpaired) electrons. The second kappa shape index (κ2) is 9.68. The Balaban J connectivity index is 1.95. The lowest BCUT2D eigenvalue weighted by atomic mass is 10.1. The zero-order valence-corrected chi connectivity index (χ0v) is 17.7. The fraction of sp³-hybridized carbons (Fsp3) is 0.318. The zero-order chi connectivity index (χ0) is 24.3. The van der Waals surface area contributed by atoms with Crippen LogP contribution in [0.25, 0.3) is 0 Å². The van der Waals surface area contributed by atoms with Gasteiger partial charge in [-0.05, 0) is 19.4 Å². The fourth-order valence-corrected chi connectivity index (χ4v) is 3.41. The normalized spacial score (nSPS) is 13.0. The molecule has 0 aliphatic carbocycles. The van der Waals surface area contributed by atoms with Crippen LogP contribution in [0.15, 0.2) is 23.1 Å². The molecule has 11 heteroatoms. The van der Waals surface area contributed by atoms with Crippen molar-refractivity contribution in [3.05, 3.63) is 62.8 Å². The number of carbonyl (C=O) groups is 2. The van der Waals surface area contributed by atoms with Crippen LogP contribution in [0.3, 0.4) is 0 Å². The van der Waals surface area contributed by atoms with Gasteiger partial charge in [-0.15, -0.1) is 12.3 Å². The van der Waals surface area contributed by atoms with Crippen molar-refractivity contribution in [2.45, 2.75) is 26.3 Å². The molecule has 174 valence electrons. The van der Waals surface area contributed by atoms with Crippen molar-refractivity contribution in [3.63, 3.8) is 0 Å². The van der Waals surface area contributed by atoms with Gasteiger partial charge in [0.2, 0.25) is 5.43 Å². The Morgan fingerprint density at radius 1 is 1.24 bits per heavy atom. The second-order valence-electron chi connectivity index (χ2n) is 7.27. The minimum absolute atomic E-state index is 0.135. The molecule has 1 aromatic heterocycles. The molecule has 0 unspecified atom stereocenters. The molecule has 33 heavy (non-hydrogen) atoms. The largest absolute Gasteiger partial charge is 0.502 e. The lowest BCUT2D eigenvalue weighted by Gasteiger charge is -2.39. The Kier molecular flexibility index (Phi) is 6.96. The molecule has 0 saturated heterocycles. The SMILES string of the molecule is C#CCCCN1CN(CC)C(=O)c2c(O)c(=O)c(C(=O)NCc3ccc(F)c(F)c3F)cn21. The van der Waals surface area contributed by atoms with Gasteiger partial charge in [-0.3, -0.25) is 24.1 Å². The smallest absolute Gasteiger partial charge is 0.277 e. The summed E-state index contributed by atoms with van der Waals surface area (Å²) >= 11 is 0. The molecule has 2 N–H and O–H groups in total. The van der Waals surface area contributed by atoms with Crippen LogP contribution in [0, 0.1) is 29.8 Å². The monoisotopic (exact) mass is 462 g/mol. The Hall–Kier alpha value is -3.94. The van der Waals surface area contributed by atoms with Crippen LogP contribution in [0.2, 0.25) is 0 Å². The van der Waals surface area contributed by atoms with E-state index < -0.39 is 52.6 Å². The van der Waals surface area contributed by atoms with Crippen molar-refractivity contribution in [2.24, 2.45) is 0 Å². The molecule has 2 heterocycles. The maximum absolute atomic E-state index is 13.9. The van der Waals surface area contributed by atoms with E-state index in [1.807, 2.05) is 0 Å². The lowest BCUT2D eigenvalue weighted by molar-refractivity contribution is 0.0695. The van der Waals surface area contributed by atoms with Crippen LogP contribution in [-0.4, -0.2) is 46.3 Å². The number of unbranched alkanes of at least 4 members (excludes halogenated alkanes) is 1. The van der Waals surface area contributed by atoms with Crippen molar-refractivity contribution >= 4 is 11.8 Å². The van der Waals surface area contributed by atoms with Crippen molar-refractivity contribution in [1.82, 2.24) is 14.9 Å². The number of aromatic nitrogens is 1. The average Bonchev–Trinajstić information content (AvgIpc) is 2.80. The van der Waals surface area contributed by atoms with E-state index in [4.69, 9.17) is 6.42 Å². The highest BCUT2D eigenvalue weighted by molar-refractivity contribution is 5.99. The molecule has 0 bridgehead atoms. The van der Waals surface area contributed by atoms with Crippen LogP contribution in [0.4, 0.5) is 13.2 Å². The summed E-state index contributed by atoms with van der Waals surface area (Å²) in [6.45, 7) is 2.01. The summed E-state index contributed by atoms with van der Waals surface area (Å²) in [7, 11) is 0. The summed E-state index contributed by atoms with van der Waals surface area (Å²) in [6.07, 6.45) is 7.39. The maximum atomic E-state index is 13.9. The number of benzene rings is 1. The Bertz CT molecular complexity index is 1210. The van der Waals surface area contributed by atoms with E-state index in [0.717, 1.165) is 12.3 Å². The molecule has 2 aromatic rings. The van der Waals surface area contributed by atoms with Gasteiger partial charge in [-0.1, -0.05) is 6.07 Å². The number of amides is 2. The first-order chi connectivity index (χ1) is 15.7. The number of fused-ring (bicyclic) bond motifs is 1. The van der Waals surface area contributed by atoms with Gasteiger partial charge in [0, 0.05) is 37.8 Å². The minimum Gasteiger partial charge on any atom is -0.502 e. The number of nitrogens with zero attached hydrogens (tertiary/aromatic N) is 3. The first kappa shape index (κ1) is 23.7. The molecule has 1 aromatic carbocycles. The third kappa shape index (κ3) is 4.50. The van der Waals surface area contributed by atoms with Gasteiger partial charge >= 0.3 is 0 Å². The van der Waals surface area contributed by atoms with Crippen molar-refractivity contribution < 1.29 is 27.9 Å². The van der Waals surface area contributed by atoms with Crippen molar-refractivity contribution in [1.29, 1.82) is 0 Å². The molecule has 1 aliphatic rings. The van der Waals surface area contributed by atoms with Gasteiger partial charge in [0.25, 0.3) is 11.8 Å². The first-order valence-electron chi connectivity index (χ1n) is 10.1. The second-order valence-corrected chi connectivity index (χ2v) is 7.27. The molecule has 3 rings (SSSR count). The lowest BCUT2D eigenvalue weighted by Crippen LogP contribution is -2.54. The van der Waals surface area contributed by atoms with Gasteiger partial charge in [0.05, 0.1) is 0 Å². The van der Waals surface area contributed by atoms with Gasteiger partial charge in [0.15, 0.2) is 28.9 Å². The quantitative estimate of drug-likeness (QED) is 0.371. The highest BCUT2D eigenvalue weighted by Crippen LogP contribution is 2.22. The average molecular weight is 462 g/mol. The number of carbonyl (C=O) groups excluding carboxylic acids is 2. The van der Waals surface area contributed by atoms with Crippen LogP contribution >= 0.6 is 0 Å². The minimum atomic E-state index is -1.69. The summed E-state index contributed by atoms with van der Waals surface area (Å²) in [5.41, 5.74) is -2.25. The van der Waals surface area contributed by atoms with E-state index in [2.05, 4.69) is 11.2 Å². The summed E-state index contributed by atoms with van der Waals surface area (Å²) in [6, 6.07) is 1.66. The third-order valence-electron chi connectivity index (χ3n) is 5.21. The first-order valence-corrected chi connectivity index (χ1v) is 10.1. The van der Waals surface area contributed by atoms with Crippen LogP contribution < -0.4 is 15.8 Å². The fourth-order valence-electron chi connectivity index (χ4n) is 3.41. The van der Waals surface area contributed by atoms with Crippen LogP contribution in [-0.2, 0) is 6.54 Å². The molecule has 1 aliphatic heterocycles. The number of nitrogens with one attached hydrogen (secondary N) is 1. The Morgan fingerprint density at radius 2 is 1.97 bits per heavy atom.